The number of carbonyl (C=O) groups excluding carboxylic acids is 2. The first-order valence-electron chi connectivity index (χ1n) is 4.85. The van der Waals surface area contributed by atoms with E-state index >= 15 is 0 Å². The van der Waals surface area contributed by atoms with Gasteiger partial charge in [-0.15, -0.1) is 0 Å². The standard InChI is InChI=1S/C11H15N3O2/c1-8(15)12-13-11(16)9-5-4-6-10(7-9)14(2)3/h4-7H,1-3H3,(H,12,15)(H,13,16). The first-order valence-corrected chi connectivity index (χ1v) is 4.85. The second kappa shape index (κ2) is 5.16. The quantitative estimate of drug-likeness (QED) is 0.716. The molecule has 0 bridgehead atoms. The maximum absolute atomic E-state index is 11.6. The molecule has 0 heterocycles. The van der Waals surface area contributed by atoms with Crippen LogP contribution in [0.4, 0.5) is 5.69 Å². The molecule has 0 aromatic heterocycles. The topological polar surface area (TPSA) is 61.4 Å². The first kappa shape index (κ1) is 12.0. The van der Waals surface area contributed by atoms with Crippen LogP contribution in [0, 0.1) is 0 Å². The van der Waals surface area contributed by atoms with Gasteiger partial charge in [-0.25, -0.2) is 0 Å². The van der Waals surface area contributed by atoms with Crippen molar-refractivity contribution in [3.05, 3.63) is 29.8 Å². The molecule has 1 aromatic rings. The second-order valence-corrected chi connectivity index (χ2v) is 3.58. The number of anilines is 1. The predicted molar refractivity (Wildman–Crippen MR) is 62.1 cm³/mol. The van der Waals surface area contributed by atoms with Crippen LogP contribution in [0.5, 0.6) is 0 Å². The summed E-state index contributed by atoms with van der Waals surface area (Å²) in [5.41, 5.74) is 5.97. The molecular weight excluding hydrogens is 206 g/mol. The van der Waals surface area contributed by atoms with Gasteiger partial charge in [0.25, 0.3) is 5.91 Å². The summed E-state index contributed by atoms with van der Waals surface area (Å²) in [4.78, 5) is 24.1. The van der Waals surface area contributed by atoms with E-state index in [1.807, 2.05) is 25.1 Å². The van der Waals surface area contributed by atoms with Crippen LogP contribution in [0.3, 0.4) is 0 Å². The van der Waals surface area contributed by atoms with Crippen LogP contribution in [0.1, 0.15) is 17.3 Å². The minimum absolute atomic E-state index is 0.308. The molecule has 0 fully saturated rings. The molecule has 0 radical (unpaired) electrons. The van der Waals surface area contributed by atoms with E-state index in [2.05, 4.69) is 10.9 Å². The molecule has 0 aliphatic rings. The molecule has 0 aliphatic carbocycles. The van der Waals surface area contributed by atoms with Gasteiger partial charge in [-0.05, 0) is 18.2 Å². The molecule has 86 valence electrons. The van der Waals surface area contributed by atoms with Gasteiger partial charge in [0.1, 0.15) is 0 Å². The molecule has 0 saturated carbocycles. The van der Waals surface area contributed by atoms with Crippen molar-refractivity contribution in [3.63, 3.8) is 0 Å². The lowest BCUT2D eigenvalue weighted by atomic mass is 10.2. The van der Waals surface area contributed by atoms with E-state index < -0.39 is 0 Å². The van der Waals surface area contributed by atoms with Crippen molar-refractivity contribution < 1.29 is 9.59 Å². The third kappa shape index (κ3) is 3.27. The van der Waals surface area contributed by atoms with Crippen LogP contribution in [0.15, 0.2) is 24.3 Å². The highest BCUT2D eigenvalue weighted by atomic mass is 16.2. The van der Waals surface area contributed by atoms with Gasteiger partial charge in [-0.1, -0.05) is 6.07 Å². The van der Waals surface area contributed by atoms with Gasteiger partial charge in [0.05, 0.1) is 0 Å². The third-order valence-electron chi connectivity index (χ3n) is 1.98. The fraction of sp³-hybridized carbons (Fsp3) is 0.273. The van der Waals surface area contributed by atoms with Crippen LogP contribution in [-0.4, -0.2) is 25.9 Å². The molecule has 0 unspecified atom stereocenters. The van der Waals surface area contributed by atoms with E-state index in [1.165, 1.54) is 6.92 Å². The minimum Gasteiger partial charge on any atom is -0.378 e. The van der Waals surface area contributed by atoms with Gasteiger partial charge in [0, 0.05) is 32.3 Å². The van der Waals surface area contributed by atoms with E-state index in [1.54, 1.807) is 18.2 Å². The Hall–Kier alpha value is -2.04. The molecule has 5 nitrogen and oxygen atoms in total. The van der Waals surface area contributed by atoms with Crippen molar-refractivity contribution >= 4 is 17.5 Å². The Kier molecular flexibility index (Phi) is 3.88. The highest BCUT2D eigenvalue weighted by Crippen LogP contribution is 2.12. The Bertz CT molecular complexity index is 402. The largest absolute Gasteiger partial charge is 0.378 e. The van der Waals surface area contributed by atoms with Gasteiger partial charge < -0.3 is 4.90 Å². The average Bonchev–Trinajstić information content (AvgIpc) is 2.26. The normalized spacial score (nSPS) is 9.44. The maximum atomic E-state index is 11.6. The Morgan fingerprint density at radius 2 is 1.88 bits per heavy atom. The predicted octanol–water partition coefficient (Wildman–Crippen LogP) is 0.533. The lowest BCUT2D eigenvalue weighted by Gasteiger charge is -2.13. The fourth-order valence-corrected chi connectivity index (χ4v) is 1.14. The van der Waals surface area contributed by atoms with E-state index in [9.17, 15) is 9.59 Å². The van der Waals surface area contributed by atoms with Crippen molar-refractivity contribution in [1.82, 2.24) is 10.9 Å². The summed E-state index contributed by atoms with van der Waals surface area (Å²) in [5.74, 6) is -0.643. The van der Waals surface area contributed by atoms with Crippen LogP contribution in [0.25, 0.3) is 0 Å². The first-order chi connectivity index (χ1) is 7.50. The highest BCUT2D eigenvalue weighted by molar-refractivity contribution is 5.96. The lowest BCUT2D eigenvalue weighted by molar-refractivity contribution is -0.119. The number of rotatable bonds is 2. The molecule has 0 saturated heterocycles. The smallest absolute Gasteiger partial charge is 0.269 e. The molecule has 1 aromatic carbocycles. The highest BCUT2D eigenvalue weighted by Gasteiger charge is 2.06. The van der Waals surface area contributed by atoms with Crippen molar-refractivity contribution in [1.29, 1.82) is 0 Å². The second-order valence-electron chi connectivity index (χ2n) is 3.58. The molecule has 1 rings (SSSR count). The van der Waals surface area contributed by atoms with Gasteiger partial charge in [0.15, 0.2) is 0 Å². The molecule has 16 heavy (non-hydrogen) atoms. The summed E-state index contributed by atoms with van der Waals surface area (Å²) in [6.45, 7) is 1.33. The van der Waals surface area contributed by atoms with Crippen LogP contribution in [-0.2, 0) is 4.79 Å². The van der Waals surface area contributed by atoms with Crippen molar-refractivity contribution in [3.8, 4) is 0 Å². The number of nitrogens with zero attached hydrogens (tertiary/aromatic N) is 1. The number of hydrogen-bond acceptors (Lipinski definition) is 3. The zero-order valence-electron chi connectivity index (χ0n) is 9.57. The fourth-order valence-electron chi connectivity index (χ4n) is 1.14. The van der Waals surface area contributed by atoms with Gasteiger partial charge in [-0.2, -0.15) is 0 Å². The third-order valence-corrected chi connectivity index (χ3v) is 1.98. The molecular formula is C11H15N3O2. The maximum Gasteiger partial charge on any atom is 0.269 e. The molecule has 5 heteroatoms. The van der Waals surface area contributed by atoms with E-state index in [-0.39, 0.29) is 11.8 Å². The summed E-state index contributed by atoms with van der Waals surface area (Å²) in [7, 11) is 3.79. The Balaban J connectivity index is 2.75. The number of carbonyl (C=O) groups is 2. The molecule has 0 aliphatic heterocycles. The van der Waals surface area contributed by atoms with Gasteiger partial charge in [-0.3, -0.25) is 20.4 Å². The number of hydrogen-bond donors (Lipinski definition) is 2. The van der Waals surface area contributed by atoms with Gasteiger partial charge in [0.2, 0.25) is 5.91 Å². The summed E-state index contributed by atoms with van der Waals surface area (Å²) < 4.78 is 0. The zero-order valence-corrected chi connectivity index (χ0v) is 9.57. The minimum atomic E-state index is -0.334. The SMILES string of the molecule is CC(=O)NNC(=O)c1cccc(N(C)C)c1. The molecule has 2 N–H and O–H groups in total. The molecule has 0 spiro atoms. The number of nitrogens with one attached hydrogen (secondary N) is 2. The number of hydrazine groups is 1. The van der Waals surface area contributed by atoms with Crippen molar-refractivity contribution in [2.24, 2.45) is 0 Å². The van der Waals surface area contributed by atoms with Gasteiger partial charge >= 0.3 is 0 Å². The summed E-state index contributed by atoms with van der Waals surface area (Å²) >= 11 is 0. The zero-order chi connectivity index (χ0) is 12.1. The van der Waals surface area contributed by atoms with E-state index in [4.69, 9.17) is 0 Å². The van der Waals surface area contributed by atoms with Crippen molar-refractivity contribution in [2.75, 3.05) is 19.0 Å². The summed E-state index contributed by atoms with van der Waals surface area (Å²) in [6.07, 6.45) is 0. The number of benzene rings is 1. The summed E-state index contributed by atoms with van der Waals surface area (Å²) in [5, 5.41) is 0. The lowest BCUT2D eigenvalue weighted by Crippen LogP contribution is -2.40. The Morgan fingerprint density at radius 3 is 2.44 bits per heavy atom. The van der Waals surface area contributed by atoms with E-state index in [0.29, 0.717) is 5.56 Å². The van der Waals surface area contributed by atoms with Crippen molar-refractivity contribution in [2.45, 2.75) is 6.92 Å². The average molecular weight is 221 g/mol. The van der Waals surface area contributed by atoms with Crippen LogP contribution < -0.4 is 15.8 Å². The van der Waals surface area contributed by atoms with E-state index in [0.717, 1.165) is 5.69 Å². The number of amides is 2. The summed E-state index contributed by atoms with van der Waals surface area (Å²) in [6, 6.07) is 7.12. The van der Waals surface area contributed by atoms with Crippen LogP contribution in [0.2, 0.25) is 0 Å². The molecule has 2 amide bonds. The molecule has 0 atom stereocenters. The Morgan fingerprint density at radius 1 is 1.19 bits per heavy atom. The van der Waals surface area contributed by atoms with Crippen LogP contribution >= 0.6 is 0 Å². The Labute approximate surface area is 94.4 Å². The monoisotopic (exact) mass is 221 g/mol.